The summed E-state index contributed by atoms with van der Waals surface area (Å²) in [5, 5.41) is 1.28. The molecule has 0 radical (unpaired) electrons. The predicted molar refractivity (Wildman–Crippen MR) is 78.5 cm³/mol. The molecule has 1 aliphatic rings. The van der Waals surface area contributed by atoms with E-state index in [1.807, 2.05) is 18.2 Å². The van der Waals surface area contributed by atoms with Gasteiger partial charge in [0, 0.05) is 19.0 Å². The second-order valence-electron chi connectivity index (χ2n) is 4.94. The molecule has 1 aliphatic heterocycles. The van der Waals surface area contributed by atoms with Gasteiger partial charge in [-0.1, -0.05) is 41.8 Å². The largest absolute Gasteiger partial charge is 0.330 e. The quantitative estimate of drug-likeness (QED) is 0.918. The van der Waals surface area contributed by atoms with Crippen molar-refractivity contribution in [2.45, 2.75) is 25.2 Å². The van der Waals surface area contributed by atoms with Gasteiger partial charge < -0.3 is 10.6 Å². The van der Waals surface area contributed by atoms with Crippen LogP contribution in [-0.2, 0) is 0 Å². The Kier molecular flexibility index (Phi) is 5.31. The second kappa shape index (κ2) is 6.76. The average molecular weight is 287 g/mol. The Balaban J connectivity index is 2.09. The van der Waals surface area contributed by atoms with Crippen molar-refractivity contribution < 1.29 is 0 Å². The van der Waals surface area contributed by atoms with Gasteiger partial charge in [-0.2, -0.15) is 0 Å². The molecule has 0 saturated carbocycles. The highest BCUT2D eigenvalue weighted by atomic mass is 35.5. The van der Waals surface area contributed by atoms with Gasteiger partial charge in [-0.25, -0.2) is 0 Å². The highest BCUT2D eigenvalue weighted by Crippen LogP contribution is 2.31. The highest BCUT2D eigenvalue weighted by molar-refractivity contribution is 6.42. The Bertz CT molecular complexity index is 389. The Morgan fingerprint density at radius 3 is 2.56 bits per heavy atom. The summed E-state index contributed by atoms with van der Waals surface area (Å²) in [6.45, 7) is 3.94. The summed E-state index contributed by atoms with van der Waals surface area (Å²) in [6, 6.07) is 5.81. The summed E-state index contributed by atoms with van der Waals surface area (Å²) < 4.78 is 0. The molecule has 0 aliphatic carbocycles. The van der Waals surface area contributed by atoms with Crippen LogP contribution in [0.5, 0.6) is 0 Å². The molecule has 1 aromatic carbocycles. The van der Waals surface area contributed by atoms with Crippen LogP contribution < -0.4 is 5.73 Å². The van der Waals surface area contributed by atoms with E-state index in [1.165, 1.54) is 32.4 Å². The topological polar surface area (TPSA) is 29.3 Å². The summed E-state index contributed by atoms with van der Waals surface area (Å²) in [5.41, 5.74) is 6.99. The van der Waals surface area contributed by atoms with E-state index in [2.05, 4.69) is 4.90 Å². The lowest BCUT2D eigenvalue weighted by atomic mass is 9.97. The number of halogens is 2. The van der Waals surface area contributed by atoms with Crippen LogP contribution in [0.4, 0.5) is 0 Å². The van der Waals surface area contributed by atoms with Gasteiger partial charge >= 0.3 is 0 Å². The van der Waals surface area contributed by atoms with Gasteiger partial charge in [-0.15, -0.1) is 0 Å². The Labute approximate surface area is 119 Å². The molecule has 1 fully saturated rings. The lowest BCUT2D eigenvalue weighted by Gasteiger charge is -2.30. The van der Waals surface area contributed by atoms with Crippen LogP contribution in [0.3, 0.4) is 0 Å². The molecule has 1 saturated heterocycles. The molecule has 4 heteroatoms. The highest BCUT2D eigenvalue weighted by Gasteiger charge is 2.19. The molecule has 0 bridgehead atoms. The Hall–Kier alpha value is -0.280. The normalized spacial score (nSPS) is 18.8. The Morgan fingerprint density at radius 2 is 1.89 bits per heavy atom. The van der Waals surface area contributed by atoms with E-state index < -0.39 is 0 Å². The zero-order chi connectivity index (χ0) is 13.0. The summed E-state index contributed by atoms with van der Waals surface area (Å²) >= 11 is 12.3. The van der Waals surface area contributed by atoms with E-state index in [-0.39, 0.29) is 5.92 Å². The summed E-state index contributed by atoms with van der Waals surface area (Å²) in [4.78, 5) is 2.48. The zero-order valence-corrected chi connectivity index (χ0v) is 12.1. The minimum absolute atomic E-state index is 0.272. The molecule has 0 spiro atoms. The third-order valence-electron chi connectivity index (χ3n) is 3.63. The van der Waals surface area contributed by atoms with E-state index >= 15 is 0 Å². The molecule has 1 aromatic rings. The van der Waals surface area contributed by atoms with Crippen LogP contribution in [0.2, 0.25) is 10.0 Å². The first kappa shape index (κ1) is 14.1. The first-order chi connectivity index (χ1) is 8.72. The number of benzene rings is 1. The molecule has 18 heavy (non-hydrogen) atoms. The molecule has 0 aromatic heterocycles. The van der Waals surface area contributed by atoms with E-state index in [4.69, 9.17) is 28.9 Å². The Morgan fingerprint density at radius 1 is 1.17 bits per heavy atom. The zero-order valence-electron chi connectivity index (χ0n) is 10.5. The number of rotatable bonds is 4. The SMILES string of the molecule is NCC(CN1CCCCC1)c1cccc(Cl)c1Cl. The third kappa shape index (κ3) is 3.39. The number of nitrogens with two attached hydrogens (primary N) is 1. The maximum absolute atomic E-state index is 6.28. The van der Waals surface area contributed by atoms with Crippen LogP contribution >= 0.6 is 23.2 Å². The first-order valence-electron chi connectivity index (χ1n) is 6.58. The van der Waals surface area contributed by atoms with Gasteiger partial charge in [0.1, 0.15) is 0 Å². The molecule has 2 rings (SSSR count). The molecule has 1 atom stereocenters. The maximum Gasteiger partial charge on any atom is 0.0628 e. The minimum Gasteiger partial charge on any atom is -0.330 e. The van der Waals surface area contributed by atoms with Crippen LogP contribution in [0.15, 0.2) is 18.2 Å². The third-order valence-corrected chi connectivity index (χ3v) is 4.47. The van der Waals surface area contributed by atoms with Crippen LogP contribution in [0, 0.1) is 0 Å². The molecular formula is C14H20Cl2N2. The van der Waals surface area contributed by atoms with Crippen LogP contribution in [0.25, 0.3) is 0 Å². The smallest absolute Gasteiger partial charge is 0.0628 e. The fourth-order valence-corrected chi connectivity index (χ4v) is 3.05. The monoisotopic (exact) mass is 286 g/mol. The fourth-order valence-electron chi connectivity index (χ4n) is 2.59. The van der Waals surface area contributed by atoms with Crippen molar-refractivity contribution in [3.05, 3.63) is 33.8 Å². The molecule has 2 nitrogen and oxygen atoms in total. The minimum atomic E-state index is 0.272. The van der Waals surface area contributed by atoms with Gasteiger partial charge in [0.05, 0.1) is 10.0 Å². The average Bonchev–Trinajstić information content (AvgIpc) is 2.41. The molecule has 2 N–H and O–H groups in total. The van der Waals surface area contributed by atoms with Gasteiger partial charge in [-0.3, -0.25) is 0 Å². The molecule has 0 amide bonds. The lowest BCUT2D eigenvalue weighted by Crippen LogP contribution is -2.35. The van der Waals surface area contributed by atoms with E-state index in [0.29, 0.717) is 16.6 Å². The van der Waals surface area contributed by atoms with E-state index in [0.717, 1.165) is 12.1 Å². The summed E-state index contributed by atoms with van der Waals surface area (Å²) in [7, 11) is 0. The molecule has 100 valence electrons. The van der Waals surface area contributed by atoms with Gasteiger partial charge in [0.15, 0.2) is 0 Å². The van der Waals surface area contributed by atoms with Crippen molar-refractivity contribution in [3.63, 3.8) is 0 Å². The summed E-state index contributed by atoms with van der Waals surface area (Å²) in [6.07, 6.45) is 3.93. The maximum atomic E-state index is 6.28. The van der Waals surface area contributed by atoms with Crippen molar-refractivity contribution in [3.8, 4) is 0 Å². The predicted octanol–water partition coefficient (Wildman–Crippen LogP) is 3.52. The lowest BCUT2D eigenvalue weighted by molar-refractivity contribution is 0.216. The van der Waals surface area contributed by atoms with E-state index in [9.17, 15) is 0 Å². The first-order valence-corrected chi connectivity index (χ1v) is 7.34. The van der Waals surface area contributed by atoms with Crippen molar-refractivity contribution >= 4 is 23.2 Å². The van der Waals surface area contributed by atoms with Crippen molar-refractivity contribution in [1.82, 2.24) is 4.90 Å². The molecule has 1 heterocycles. The number of piperidine rings is 1. The van der Waals surface area contributed by atoms with Crippen molar-refractivity contribution in [1.29, 1.82) is 0 Å². The van der Waals surface area contributed by atoms with Crippen LogP contribution in [0.1, 0.15) is 30.7 Å². The number of hydrogen-bond acceptors (Lipinski definition) is 2. The molecular weight excluding hydrogens is 267 g/mol. The summed E-state index contributed by atoms with van der Waals surface area (Å²) in [5.74, 6) is 0.272. The van der Waals surface area contributed by atoms with Gasteiger partial charge in [-0.05, 0) is 37.6 Å². The standard InChI is InChI=1S/C14H20Cl2N2/c15-13-6-4-5-12(14(13)16)11(9-17)10-18-7-2-1-3-8-18/h4-6,11H,1-3,7-10,17H2. The number of likely N-dealkylation sites (tertiary alicyclic amines) is 1. The fraction of sp³-hybridized carbons (Fsp3) is 0.571. The van der Waals surface area contributed by atoms with Crippen molar-refractivity contribution in [2.75, 3.05) is 26.2 Å². The van der Waals surface area contributed by atoms with E-state index in [1.54, 1.807) is 0 Å². The molecule has 1 unspecified atom stereocenters. The van der Waals surface area contributed by atoms with Gasteiger partial charge in [0.25, 0.3) is 0 Å². The number of nitrogens with zero attached hydrogens (tertiary/aromatic N) is 1. The van der Waals surface area contributed by atoms with Crippen LogP contribution in [-0.4, -0.2) is 31.1 Å². The number of hydrogen-bond donors (Lipinski definition) is 1. The van der Waals surface area contributed by atoms with Crippen molar-refractivity contribution in [2.24, 2.45) is 5.73 Å². The second-order valence-corrected chi connectivity index (χ2v) is 5.72. The van der Waals surface area contributed by atoms with Gasteiger partial charge in [0.2, 0.25) is 0 Å².